The quantitative estimate of drug-likeness (QED) is 0.857. The summed E-state index contributed by atoms with van der Waals surface area (Å²) in [6.45, 7) is 3.60. The molecule has 1 aliphatic heterocycles. The van der Waals surface area contributed by atoms with Gasteiger partial charge in [-0.15, -0.1) is 0 Å². The molecule has 4 heteroatoms. The lowest BCUT2D eigenvalue weighted by Gasteiger charge is -2.19. The number of rotatable bonds is 2. The van der Waals surface area contributed by atoms with Gasteiger partial charge in [-0.05, 0) is 24.6 Å². The molecule has 1 fully saturated rings. The number of carbonyl (C=O) groups is 1. The predicted octanol–water partition coefficient (Wildman–Crippen LogP) is 1.53. The summed E-state index contributed by atoms with van der Waals surface area (Å²) in [6, 6.07) is 8.13. The summed E-state index contributed by atoms with van der Waals surface area (Å²) in [6.07, 6.45) is 3.49. The Bertz CT molecular complexity index is 568. The van der Waals surface area contributed by atoms with E-state index in [9.17, 15) is 4.79 Å². The summed E-state index contributed by atoms with van der Waals surface area (Å²) in [7, 11) is 0. The third-order valence-electron chi connectivity index (χ3n) is 3.71. The smallest absolute Gasteiger partial charge is 0.227 e. The van der Waals surface area contributed by atoms with Gasteiger partial charge in [-0.25, -0.2) is 0 Å². The maximum absolute atomic E-state index is 12.3. The summed E-state index contributed by atoms with van der Waals surface area (Å²) in [4.78, 5) is 17.5. The molecule has 0 unspecified atom stereocenters. The second-order valence-corrected chi connectivity index (χ2v) is 5.02. The van der Waals surface area contributed by atoms with E-state index in [1.54, 1.807) is 0 Å². The molecule has 0 bridgehead atoms. The first-order chi connectivity index (χ1) is 9.34. The van der Waals surface area contributed by atoms with Crippen molar-refractivity contribution in [1.82, 2.24) is 15.2 Å². The highest BCUT2D eigenvalue weighted by molar-refractivity contribution is 5.88. The summed E-state index contributed by atoms with van der Waals surface area (Å²) < 4.78 is 0. The summed E-state index contributed by atoms with van der Waals surface area (Å²) in [5.74, 6) is 0.230. The largest absolute Gasteiger partial charge is 0.361 e. The lowest BCUT2D eigenvalue weighted by molar-refractivity contribution is -0.130. The van der Waals surface area contributed by atoms with Crippen LogP contribution in [0, 0.1) is 0 Å². The maximum Gasteiger partial charge on any atom is 0.227 e. The Balaban J connectivity index is 1.75. The minimum Gasteiger partial charge on any atom is -0.361 e. The van der Waals surface area contributed by atoms with Crippen LogP contribution < -0.4 is 5.32 Å². The van der Waals surface area contributed by atoms with Crippen LogP contribution in [0.3, 0.4) is 0 Å². The van der Waals surface area contributed by atoms with Crippen molar-refractivity contribution in [2.75, 3.05) is 26.2 Å². The Kier molecular flexibility index (Phi) is 3.51. The van der Waals surface area contributed by atoms with Crippen LogP contribution in [0.15, 0.2) is 30.5 Å². The number of para-hydroxylation sites is 1. The zero-order chi connectivity index (χ0) is 13.1. The number of nitrogens with zero attached hydrogens (tertiary/aromatic N) is 1. The fourth-order valence-corrected chi connectivity index (χ4v) is 2.65. The van der Waals surface area contributed by atoms with E-state index >= 15 is 0 Å². The predicted molar refractivity (Wildman–Crippen MR) is 76.1 cm³/mol. The number of H-pyrrole nitrogens is 1. The number of carbonyl (C=O) groups excluding carboxylic acids is 1. The highest BCUT2D eigenvalue weighted by Gasteiger charge is 2.16. The van der Waals surface area contributed by atoms with Gasteiger partial charge in [0.05, 0.1) is 6.42 Å². The molecule has 2 N–H and O–H groups in total. The molecule has 1 aromatic heterocycles. The number of hydrogen-bond acceptors (Lipinski definition) is 2. The minimum atomic E-state index is 0.230. The van der Waals surface area contributed by atoms with Crippen LogP contribution in [0.4, 0.5) is 0 Å². The van der Waals surface area contributed by atoms with Crippen LogP contribution in [0.2, 0.25) is 0 Å². The normalized spacial score (nSPS) is 16.5. The van der Waals surface area contributed by atoms with Gasteiger partial charge in [0.2, 0.25) is 5.91 Å². The second kappa shape index (κ2) is 5.45. The van der Waals surface area contributed by atoms with Crippen molar-refractivity contribution in [2.24, 2.45) is 0 Å². The SMILES string of the molecule is O=C(Cc1c[nH]c2ccccc12)N1CCCNCC1. The highest BCUT2D eigenvalue weighted by Crippen LogP contribution is 2.18. The second-order valence-electron chi connectivity index (χ2n) is 5.02. The number of benzene rings is 1. The fourth-order valence-electron chi connectivity index (χ4n) is 2.65. The monoisotopic (exact) mass is 257 g/mol. The summed E-state index contributed by atoms with van der Waals surface area (Å²) >= 11 is 0. The molecule has 2 aromatic rings. The molecule has 1 amide bonds. The van der Waals surface area contributed by atoms with Crippen molar-refractivity contribution < 1.29 is 4.79 Å². The number of fused-ring (bicyclic) bond motifs is 1. The van der Waals surface area contributed by atoms with Gasteiger partial charge in [-0.3, -0.25) is 4.79 Å². The summed E-state index contributed by atoms with van der Waals surface area (Å²) in [5.41, 5.74) is 2.20. The van der Waals surface area contributed by atoms with Crippen LogP contribution in [0.25, 0.3) is 10.9 Å². The third kappa shape index (κ3) is 2.63. The van der Waals surface area contributed by atoms with Crippen molar-refractivity contribution in [1.29, 1.82) is 0 Å². The van der Waals surface area contributed by atoms with E-state index in [2.05, 4.69) is 16.4 Å². The molecule has 1 aliphatic rings. The third-order valence-corrected chi connectivity index (χ3v) is 3.71. The van der Waals surface area contributed by atoms with Gasteiger partial charge in [0.1, 0.15) is 0 Å². The molecule has 0 aliphatic carbocycles. The Labute approximate surface area is 112 Å². The van der Waals surface area contributed by atoms with Gasteiger partial charge in [0.15, 0.2) is 0 Å². The van der Waals surface area contributed by atoms with Gasteiger partial charge in [0, 0.05) is 36.7 Å². The standard InChI is InChI=1S/C15H19N3O/c19-15(18-8-3-6-16-7-9-18)10-12-11-17-14-5-2-1-4-13(12)14/h1-2,4-5,11,16-17H,3,6-10H2. The minimum absolute atomic E-state index is 0.230. The van der Waals surface area contributed by atoms with Gasteiger partial charge in [0.25, 0.3) is 0 Å². The Morgan fingerprint density at radius 3 is 3.05 bits per heavy atom. The lowest BCUT2D eigenvalue weighted by atomic mass is 10.1. The molecular formula is C15H19N3O. The van der Waals surface area contributed by atoms with Gasteiger partial charge in [-0.1, -0.05) is 18.2 Å². The zero-order valence-electron chi connectivity index (χ0n) is 11.0. The molecular weight excluding hydrogens is 238 g/mol. The van der Waals surface area contributed by atoms with Crippen LogP contribution in [-0.4, -0.2) is 42.0 Å². The van der Waals surface area contributed by atoms with E-state index in [0.717, 1.165) is 49.1 Å². The van der Waals surface area contributed by atoms with Crippen molar-refractivity contribution in [3.8, 4) is 0 Å². The van der Waals surface area contributed by atoms with E-state index < -0.39 is 0 Å². The average molecular weight is 257 g/mol. The van der Waals surface area contributed by atoms with Crippen LogP contribution in [0.1, 0.15) is 12.0 Å². The molecule has 4 nitrogen and oxygen atoms in total. The first kappa shape index (κ1) is 12.2. The first-order valence-electron chi connectivity index (χ1n) is 6.88. The highest BCUT2D eigenvalue weighted by atomic mass is 16.2. The molecule has 0 atom stereocenters. The van der Waals surface area contributed by atoms with E-state index in [0.29, 0.717) is 6.42 Å². The number of amides is 1. The topological polar surface area (TPSA) is 48.1 Å². The molecule has 19 heavy (non-hydrogen) atoms. The van der Waals surface area contributed by atoms with Gasteiger partial charge >= 0.3 is 0 Å². The number of nitrogens with one attached hydrogen (secondary N) is 2. The van der Waals surface area contributed by atoms with E-state index in [4.69, 9.17) is 0 Å². The molecule has 0 radical (unpaired) electrons. The first-order valence-corrected chi connectivity index (χ1v) is 6.88. The van der Waals surface area contributed by atoms with E-state index in [-0.39, 0.29) is 5.91 Å². The maximum atomic E-state index is 12.3. The lowest BCUT2D eigenvalue weighted by Crippen LogP contribution is -2.35. The van der Waals surface area contributed by atoms with E-state index in [1.165, 1.54) is 0 Å². The summed E-state index contributed by atoms with van der Waals surface area (Å²) in [5, 5.41) is 4.48. The Hall–Kier alpha value is -1.81. The zero-order valence-corrected chi connectivity index (χ0v) is 11.0. The average Bonchev–Trinajstić information content (AvgIpc) is 2.66. The number of aromatic nitrogens is 1. The fraction of sp³-hybridized carbons (Fsp3) is 0.400. The molecule has 1 saturated heterocycles. The van der Waals surface area contributed by atoms with Crippen LogP contribution >= 0.6 is 0 Å². The van der Waals surface area contributed by atoms with Crippen molar-refractivity contribution >= 4 is 16.8 Å². The number of aromatic amines is 1. The Morgan fingerprint density at radius 2 is 2.11 bits per heavy atom. The van der Waals surface area contributed by atoms with Crippen molar-refractivity contribution in [3.63, 3.8) is 0 Å². The van der Waals surface area contributed by atoms with Gasteiger partial charge in [-0.2, -0.15) is 0 Å². The molecule has 0 spiro atoms. The molecule has 1 aromatic carbocycles. The number of hydrogen-bond donors (Lipinski definition) is 2. The Morgan fingerprint density at radius 1 is 1.21 bits per heavy atom. The van der Waals surface area contributed by atoms with Crippen LogP contribution in [0.5, 0.6) is 0 Å². The van der Waals surface area contributed by atoms with Crippen molar-refractivity contribution in [3.05, 3.63) is 36.0 Å². The van der Waals surface area contributed by atoms with Crippen LogP contribution in [-0.2, 0) is 11.2 Å². The van der Waals surface area contributed by atoms with E-state index in [1.807, 2.05) is 29.3 Å². The molecule has 0 saturated carbocycles. The molecule has 2 heterocycles. The molecule has 100 valence electrons. The van der Waals surface area contributed by atoms with Crippen molar-refractivity contribution in [2.45, 2.75) is 12.8 Å². The van der Waals surface area contributed by atoms with Gasteiger partial charge < -0.3 is 15.2 Å². The molecule has 3 rings (SSSR count).